The van der Waals surface area contributed by atoms with Crippen molar-refractivity contribution in [1.29, 1.82) is 0 Å². The molecule has 1 heterocycles. The van der Waals surface area contributed by atoms with Gasteiger partial charge in [-0.05, 0) is 67.8 Å². The molecule has 0 aromatic heterocycles. The molecule has 0 aliphatic carbocycles. The van der Waals surface area contributed by atoms with E-state index in [9.17, 15) is 17.8 Å². The maximum Gasteiger partial charge on any atom is 0.313 e. The number of hydrogen-bond donors (Lipinski definition) is 4. The van der Waals surface area contributed by atoms with Crippen molar-refractivity contribution >= 4 is 52.6 Å². The van der Waals surface area contributed by atoms with Crippen LogP contribution in [0.25, 0.3) is 0 Å². The van der Waals surface area contributed by atoms with Crippen LogP contribution in [0.3, 0.4) is 0 Å². The van der Waals surface area contributed by atoms with Crippen LogP contribution in [0.2, 0.25) is 5.02 Å². The minimum Gasteiger partial charge on any atom is -0.481 e. The first-order valence-electron chi connectivity index (χ1n) is 13.6. The van der Waals surface area contributed by atoms with E-state index >= 15 is 0 Å². The maximum absolute atomic E-state index is 13.1. The lowest BCUT2D eigenvalue weighted by Gasteiger charge is -2.28. The molecule has 9 nitrogen and oxygen atoms in total. The lowest BCUT2D eigenvalue weighted by Crippen LogP contribution is -2.35. The number of benzene rings is 2. The van der Waals surface area contributed by atoms with E-state index in [1.54, 1.807) is 19.1 Å². The number of anilines is 1. The Balaban J connectivity index is 1.48. The Labute approximate surface area is 246 Å². The summed E-state index contributed by atoms with van der Waals surface area (Å²) >= 11 is 7.81. The fraction of sp³-hybridized carbons (Fsp3) is 0.519. The predicted molar refractivity (Wildman–Crippen MR) is 162 cm³/mol. The summed E-state index contributed by atoms with van der Waals surface area (Å²) in [5.74, 6) is -1.10. The fourth-order valence-electron chi connectivity index (χ4n) is 4.40. The van der Waals surface area contributed by atoms with Gasteiger partial charge in [-0.2, -0.15) is 0 Å². The lowest BCUT2D eigenvalue weighted by molar-refractivity contribution is -0.134. The van der Waals surface area contributed by atoms with Crippen molar-refractivity contribution in [2.45, 2.75) is 81.3 Å². The highest BCUT2D eigenvalue weighted by atomic mass is 35.5. The first-order chi connectivity index (χ1) is 19.0. The van der Waals surface area contributed by atoms with Gasteiger partial charge in [-0.15, -0.1) is 0 Å². The first-order valence-corrected chi connectivity index (χ1v) is 18.3. The van der Waals surface area contributed by atoms with E-state index in [4.69, 9.17) is 21.2 Å². The van der Waals surface area contributed by atoms with Crippen molar-refractivity contribution in [2.75, 3.05) is 24.2 Å². The molecule has 1 aliphatic heterocycles. The largest absolute Gasteiger partial charge is 0.481 e. The van der Waals surface area contributed by atoms with Crippen molar-refractivity contribution in [3.8, 4) is 0 Å². The summed E-state index contributed by atoms with van der Waals surface area (Å²) < 4.78 is 49.9. The molecule has 0 bridgehead atoms. The quantitative estimate of drug-likeness (QED) is 0.0880. The number of rotatable bonds is 17. The summed E-state index contributed by atoms with van der Waals surface area (Å²) in [5, 5.41) is 12.5. The second-order valence-electron chi connectivity index (χ2n) is 9.80. The first kappa shape index (κ1) is 32.9. The monoisotopic (exact) mass is 631 g/mol. The van der Waals surface area contributed by atoms with Gasteiger partial charge < -0.3 is 14.9 Å². The number of hydrogen-bond acceptors (Lipinski definition) is 8. The third kappa shape index (κ3) is 10.0. The molecule has 13 heteroatoms. The second-order valence-corrected chi connectivity index (χ2v) is 15.5. The molecule has 2 aromatic rings. The van der Waals surface area contributed by atoms with Gasteiger partial charge in [0.15, 0.2) is 0 Å². The van der Waals surface area contributed by atoms with Gasteiger partial charge in [-0.1, -0.05) is 62.1 Å². The summed E-state index contributed by atoms with van der Waals surface area (Å²) in [6.07, 6.45) is 6.22. The van der Waals surface area contributed by atoms with Crippen LogP contribution in [-0.4, -0.2) is 44.6 Å². The Morgan fingerprint density at radius 1 is 1.12 bits per heavy atom. The topological polar surface area (TPSA) is 134 Å². The van der Waals surface area contributed by atoms with Crippen LogP contribution in [0.15, 0.2) is 46.2 Å². The average Bonchev–Trinajstić information content (AvgIpc) is 2.90. The third-order valence-electron chi connectivity index (χ3n) is 6.50. The van der Waals surface area contributed by atoms with Crippen LogP contribution in [0, 0.1) is 0 Å². The molecule has 222 valence electrons. The molecule has 4 N–H and O–H groups in total. The average molecular weight is 632 g/mol. The highest BCUT2D eigenvalue weighted by molar-refractivity contribution is 7.97. The van der Waals surface area contributed by atoms with Crippen molar-refractivity contribution in [3.63, 3.8) is 0 Å². The van der Waals surface area contributed by atoms with Crippen LogP contribution in [-0.2, 0) is 36.9 Å². The molecule has 0 radical (unpaired) electrons. The van der Waals surface area contributed by atoms with Crippen LogP contribution in [0.1, 0.15) is 63.5 Å². The SMILES string of the molecule is CCCCC1NSc2cc(S(=O)(=O)NCc3ccc(CCCCCP(=O)(CC(=O)O)OCC)cc3)c(Cl)cc2N1. The standard InChI is InChI=1S/C27H39ClN3O6PS2/c1-3-5-10-26-30-23-16-22(28)25(17-24(23)39-31-26)40(35,36)29-18-21-13-11-20(12-14-21)9-7-6-8-15-38(34,37-4-2)19-27(32)33/h11-14,16-17,26,29-31H,3-10,15,18-19H2,1-2H3,(H,32,33). The van der Waals surface area contributed by atoms with E-state index in [-0.39, 0.29) is 35.4 Å². The molecule has 0 saturated carbocycles. The summed E-state index contributed by atoms with van der Waals surface area (Å²) in [4.78, 5) is 11.8. The number of fused-ring (bicyclic) bond motifs is 1. The van der Waals surface area contributed by atoms with E-state index in [0.29, 0.717) is 6.42 Å². The number of unbranched alkanes of at least 4 members (excludes halogenated alkanes) is 3. The number of aliphatic carboxylic acids is 1. The number of halogens is 1. The lowest BCUT2D eigenvalue weighted by atomic mass is 10.1. The number of sulfonamides is 1. The minimum atomic E-state index is -3.83. The van der Waals surface area contributed by atoms with Gasteiger partial charge in [0.05, 0.1) is 23.5 Å². The summed E-state index contributed by atoms with van der Waals surface area (Å²) in [5.41, 5.74) is 2.76. The second kappa shape index (κ2) is 15.6. The number of nitrogens with one attached hydrogen (secondary N) is 3. The Hall–Kier alpha value is -1.59. The molecule has 0 spiro atoms. The minimum absolute atomic E-state index is 0.0462. The Kier molecular flexibility index (Phi) is 12.8. The molecule has 2 aromatic carbocycles. The zero-order valence-electron chi connectivity index (χ0n) is 22.9. The van der Waals surface area contributed by atoms with Crippen molar-refractivity contribution in [1.82, 2.24) is 9.44 Å². The Bertz CT molecular complexity index is 1290. The molecule has 40 heavy (non-hydrogen) atoms. The Morgan fingerprint density at radius 2 is 1.85 bits per heavy atom. The Morgan fingerprint density at radius 3 is 2.52 bits per heavy atom. The fourth-order valence-corrected chi connectivity index (χ4v) is 8.86. The van der Waals surface area contributed by atoms with Gasteiger partial charge in [0.1, 0.15) is 11.1 Å². The summed E-state index contributed by atoms with van der Waals surface area (Å²) in [6, 6.07) is 11.0. The van der Waals surface area contributed by atoms with Crippen molar-refractivity contribution in [2.24, 2.45) is 0 Å². The number of carboxylic acid groups (broad SMARTS) is 1. The number of carbonyl (C=O) groups is 1. The van der Waals surface area contributed by atoms with Crippen molar-refractivity contribution < 1.29 is 27.4 Å². The van der Waals surface area contributed by atoms with Gasteiger partial charge in [0.2, 0.25) is 17.4 Å². The molecular formula is C27H39ClN3O6PS2. The predicted octanol–water partition coefficient (Wildman–Crippen LogP) is 6.47. The van der Waals surface area contributed by atoms with E-state index in [2.05, 4.69) is 21.7 Å². The zero-order valence-corrected chi connectivity index (χ0v) is 26.2. The van der Waals surface area contributed by atoms with Crippen molar-refractivity contribution in [3.05, 3.63) is 52.5 Å². The zero-order chi connectivity index (χ0) is 29.2. The summed E-state index contributed by atoms with van der Waals surface area (Å²) in [7, 11) is -6.95. The van der Waals surface area contributed by atoms with Crippen LogP contribution >= 0.6 is 30.9 Å². The molecule has 3 rings (SSSR count). The normalized spacial score (nSPS) is 16.6. The smallest absolute Gasteiger partial charge is 0.313 e. The van der Waals surface area contributed by atoms with Crippen LogP contribution in [0.4, 0.5) is 5.69 Å². The van der Waals surface area contributed by atoms with Gasteiger partial charge >= 0.3 is 5.97 Å². The van der Waals surface area contributed by atoms with Crippen LogP contribution < -0.4 is 14.8 Å². The van der Waals surface area contributed by atoms with E-state index < -0.39 is 29.5 Å². The molecule has 0 saturated heterocycles. The van der Waals surface area contributed by atoms with E-state index in [0.717, 1.165) is 60.2 Å². The molecular weight excluding hydrogens is 593 g/mol. The molecule has 0 amide bonds. The van der Waals surface area contributed by atoms with E-state index in [1.165, 1.54) is 11.9 Å². The maximum atomic E-state index is 13.1. The van der Waals surface area contributed by atoms with Gasteiger partial charge in [0, 0.05) is 17.6 Å². The van der Waals surface area contributed by atoms with E-state index in [1.807, 2.05) is 24.3 Å². The van der Waals surface area contributed by atoms with Crippen LogP contribution in [0.5, 0.6) is 0 Å². The van der Waals surface area contributed by atoms with Gasteiger partial charge in [0.25, 0.3) is 0 Å². The number of aryl methyl sites for hydroxylation is 1. The molecule has 2 atom stereocenters. The molecule has 2 unspecified atom stereocenters. The number of carboxylic acids is 1. The highest BCUT2D eigenvalue weighted by Gasteiger charge is 2.26. The summed E-state index contributed by atoms with van der Waals surface area (Å²) in [6.45, 7) is 4.22. The van der Waals surface area contributed by atoms with Gasteiger partial charge in [-0.25, -0.2) is 17.9 Å². The van der Waals surface area contributed by atoms with Gasteiger partial charge in [-0.3, -0.25) is 9.36 Å². The highest BCUT2D eigenvalue weighted by Crippen LogP contribution is 2.47. The molecule has 0 fully saturated rings. The third-order valence-corrected chi connectivity index (χ3v) is 11.8. The molecule has 1 aliphatic rings.